The van der Waals surface area contributed by atoms with Gasteiger partial charge in [0.15, 0.2) is 5.69 Å². The largest absolute Gasteiger partial charge is 0.433 e. The van der Waals surface area contributed by atoms with Crippen molar-refractivity contribution in [2.24, 2.45) is 0 Å². The lowest BCUT2D eigenvalue weighted by Crippen LogP contribution is -2.35. The first-order chi connectivity index (χ1) is 15.3. The van der Waals surface area contributed by atoms with Crippen LogP contribution < -0.4 is 9.86 Å². The van der Waals surface area contributed by atoms with Crippen LogP contribution in [0.4, 0.5) is 51.1 Å². The second-order valence-electron chi connectivity index (χ2n) is 6.28. The third-order valence-electron chi connectivity index (χ3n) is 3.96. The molecule has 1 aromatic carbocycles. The summed E-state index contributed by atoms with van der Waals surface area (Å²) in [5.41, 5.74) is -8.73. The van der Waals surface area contributed by atoms with E-state index in [4.69, 9.17) is 0 Å². The Hall–Kier alpha value is -2.78. The predicted octanol–water partition coefficient (Wildman–Crippen LogP) is 5.44. The van der Waals surface area contributed by atoms with Crippen LogP contribution in [0.2, 0.25) is 0 Å². The Morgan fingerprint density at radius 1 is 0.912 bits per heavy atom. The number of hydrogen-bond acceptors (Lipinski definition) is 4. The molecule has 2 rings (SSSR count). The van der Waals surface area contributed by atoms with Crippen molar-refractivity contribution in [2.75, 3.05) is 10.6 Å². The van der Waals surface area contributed by atoms with E-state index in [1.54, 1.807) is 0 Å². The van der Waals surface area contributed by atoms with E-state index in [1.165, 1.54) is 0 Å². The number of hydrogen-bond donors (Lipinski definition) is 0. The highest BCUT2D eigenvalue weighted by Gasteiger charge is 2.42. The van der Waals surface area contributed by atoms with E-state index in [9.17, 15) is 52.7 Å². The second-order valence-corrected chi connectivity index (χ2v) is 8.11. The van der Waals surface area contributed by atoms with E-state index in [2.05, 4.69) is 4.98 Å². The maximum Gasteiger partial charge on any atom is 0.433 e. The van der Waals surface area contributed by atoms with Gasteiger partial charge in [0.05, 0.1) is 23.1 Å². The number of halogens is 9. The molecule has 0 unspecified atom stereocenters. The van der Waals surface area contributed by atoms with Gasteiger partial charge >= 0.3 is 18.5 Å². The third kappa shape index (κ3) is 6.42. The number of aromatic nitrogens is 2. The lowest BCUT2D eigenvalue weighted by molar-refractivity contribution is -0.143. The number of benzene rings is 1. The zero-order valence-electron chi connectivity index (χ0n) is 17.9. The van der Waals surface area contributed by atoms with Crippen LogP contribution in [0.5, 0.6) is 0 Å². The SMILES string of the molecule is CC.CCn1c(N(c2ccc(C(F)(F)F)cc2C(F)(F)F)S(C)(=O)=O)nc(C(F)(F)F)cc1=O. The molecule has 1 aromatic heterocycles. The van der Waals surface area contributed by atoms with Gasteiger partial charge < -0.3 is 0 Å². The first kappa shape index (κ1) is 29.3. The van der Waals surface area contributed by atoms with Gasteiger partial charge in [0.1, 0.15) is 0 Å². The van der Waals surface area contributed by atoms with Gasteiger partial charge in [0.2, 0.25) is 16.0 Å². The highest BCUT2D eigenvalue weighted by Crippen LogP contribution is 2.43. The molecule has 0 amide bonds. The van der Waals surface area contributed by atoms with Crippen LogP contribution in [0.15, 0.2) is 29.1 Å². The van der Waals surface area contributed by atoms with Crippen LogP contribution in [0.1, 0.15) is 37.6 Å². The first-order valence-corrected chi connectivity index (χ1v) is 11.1. The maximum atomic E-state index is 13.6. The van der Waals surface area contributed by atoms with Gasteiger partial charge in [0.25, 0.3) is 5.56 Å². The van der Waals surface area contributed by atoms with E-state index in [0.717, 1.165) is 6.92 Å². The van der Waals surface area contributed by atoms with Crippen LogP contribution in [0, 0.1) is 0 Å². The van der Waals surface area contributed by atoms with Gasteiger partial charge in [-0.1, -0.05) is 13.8 Å². The molecule has 2 aromatic rings. The van der Waals surface area contributed by atoms with E-state index in [-0.39, 0.29) is 28.8 Å². The molecule has 1 heterocycles. The number of nitrogens with zero attached hydrogens (tertiary/aromatic N) is 3. The fraction of sp³-hybridized carbons (Fsp3) is 0.444. The zero-order valence-corrected chi connectivity index (χ0v) is 18.7. The molecule has 34 heavy (non-hydrogen) atoms. The van der Waals surface area contributed by atoms with Crippen molar-refractivity contribution in [3.8, 4) is 0 Å². The topological polar surface area (TPSA) is 72.3 Å². The van der Waals surface area contributed by atoms with Gasteiger partial charge in [-0.2, -0.15) is 39.5 Å². The average Bonchev–Trinajstić information content (AvgIpc) is 2.66. The van der Waals surface area contributed by atoms with E-state index in [0.29, 0.717) is 4.57 Å². The Balaban J connectivity index is 0.00000281. The lowest BCUT2D eigenvalue weighted by Gasteiger charge is -2.27. The van der Waals surface area contributed by atoms with Crippen LogP contribution >= 0.6 is 0 Å². The minimum Gasteiger partial charge on any atom is -0.278 e. The highest BCUT2D eigenvalue weighted by molar-refractivity contribution is 7.92. The number of rotatable bonds is 4. The first-order valence-electron chi connectivity index (χ1n) is 9.26. The molecular formula is C18H18F9N3O3S. The number of anilines is 2. The van der Waals surface area contributed by atoms with Crippen molar-refractivity contribution in [1.29, 1.82) is 0 Å². The van der Waals surface area contributed by atoms with Crippen molar-refractivity contribution < 1.29 is 47.9 Å². The third-order valence-corrected chi connectivity index (χ3v) is 4.98. The fourth-order valence-corrected chi connectivity index (χ4v) is 3.60. The standard InChI is InChI=1S/C16H12F9N3O3S.C2H6/c1-3-27-12(29)7-11(16(23,24)25)26-13(27)28(32(2,30)31)10-5-4-8(14(17,18)19)6-9(10)15(20,21)22;1-2/h4-7H,3H2,1-2H3;1-2H3. The normalized spacial score (nSPS) is 12.7. The summed E-state index contributed by atoms with van der Waals surface area (Å²) in [6.45, 7) is 4.64. The number of sulfonamides is 1. The number of alkyl halides is 9. The molecule has 0 aliphatic carbocycles. The monoisotopic (exact) mass is 527 g/mol. The molecule has 0 spiro atoms. The quantitative estimate of drug-likeness (QED) is 0.497. The summed E-state index contributed by atoms with van der Waals surface area (Å²) >= 11 is 0. The molecule has 0 fully saturated rings. The summed E-state index contributed by atoms with van der Waals surface area (Å²) in [7, 11) is -4.95. The molecule has 0 atom stereocenters. The maximum absolute atomic E-state index is 13.6. The Kier molecular flexibility index (Phi) is 8.46. The van der Waals surface area contributed by atoms with E-state index >= 15 is 0 Å². The summed E-state index contributed by atoms with van der Waals surface area (Å²) in [6, 6.07) is -0.149. The highest BCUT2D eigenvalue weighted by atomic mass is 32.2. The molecule has 0 aliphatic heterocycles. The molecule has 16 heteroatoms. The predicted molar refractivity (Wildman–Crippen MR) is 104 cm³/mol. The summed E-state index contributed by atoms with van der Waals surface area (Å²) < 4.78 is 143. The van der Waals surface area contributed by atoms with Gasteiger partial charge in [-0.25, -0.2) is 17.7 Å². The Morgan fingerprint density at radius 3 is 1.82 bits per heavy atom. The van der Waals surface area contributed by atoms with Crippen molar-refractivity contribution >= 4 is 21.7 Å². The molecule has 0 N–H and O–H groups in total. The van der Waals surface area contributed by atoms with Gasteiger partial charge in [-0.05, 0) is 25.1 Å². The fourth-order valence-electron chi connectivity index (χ4n) is 2.64. The van der Waals surface area contributed by atoms with Crippen LogP contribution in [0.3, 0.4) is 0 Å². The van der Waals surface area contributed by atoms with Gasteiger partial charge in [-0.15, -0.1) is 0 Å². The van der Waals surface area contributed by atoms with Crippen molar-refractivity contribution in [3.05, 3.63) is 51.4 Å². The average molecular weight is 527 g/mol. The molecule has 0 saturated heterocycles. The van der Waals surface area contributed by atoms with E-state index < -0.39 is 75.2 Å². The molecule has 6 nitrogen and oxygen atoms in total. The zero-order chi connectivity index (χ0) is 26.9. The Labute approximate surface area is 187 Å². The Morgan fingerprint density at radius 2 is 1.44 bits per heavy atom. The molecule has 0 bridgehead atoms. The van der Waals surface area contributed by atoms with Gasteiger partial charge in [-0.3, -0.25) is 9.36 Å². The summed E-state index contributed by atoms with van der Waals surface area (Å²) in [6.07, 6.45) is -15.8. The smallest absolute Gasteiger partial charge is 0.278 e. The van der Waals surface area contributed by atoms with Crippen LogP contribution in [-0.4, -0.2) is 24.2 Å². The second kappa shape index (κ2) is 9.84. The summed E-state index contributed by atoms with van der Waals surface area (Å²) in [5, 5.41) is 0. The van der Waals surface area contributed by atoms with Crippen molar-refractivity contribution in [3.63, 3.8) is 0 Å². The molecule has 192 valence electrons. The summed E-state index contributed by atoms with van der Waals surface area (Å²) in [5.74, 6) is -1.37. The molecular weight excluding hydrogens is 509 g/mol. The van der Waals surface area contributed by atoms with Crippen LogP contribution in [-0.2, 0) is 35.1 Å². The van der Waals surface area contributed by atoms with Gasteiger partial charge in [0, 0.05) is 12.6 Å². The molecule has 0 aliphatic rings. The van der Waals surface area contributed by atoms with Crippen LogP contribution in [0.25, 0.3) is 0 Å². The summed E-state index contributed by atoms with van der Waals surface area (Å²) in [4.78, 5) is 15.1. The lowest BCUT2D eigenvalue weighted by atomic mass is 10.1. The van der Waals surface area contributed by atoms with Crippen molar-refractivity contribution in [1.82, 2.24) is 9.55 Å². The minimum absolute atomic E-state index is 0.00484. The molecule has 0 saturated carbocycles. The van der Waals surface area contributed by atoms with E-state index in [1.807, 2.05) is 13.8 Å². The minimum atomic E-state index is -5.56. The molecule has 0 radical (unpaired) electrons. The Bertz CT molecular complexity index is 1180. The van der Waals surface area contributed by atoms with Crippen molar-refractivity contribution in [2.45, 2.75) is 45.8 Å².